The summed E-state index contributed by atoms with van der Waals surface area (Å²) in [6.45, 7) is 3.18. The maximum atomic E-state index is 12.5. The summed E-state index contributed by atoms with van der Waals surface area (Å²) in [6.07, 6.45) is 0. The van der Waals surface area contributed by atoms with Gasteiger partial charge in [-0.05, 0) is 42.5 Å². The predicted molar refractivity (Wildman–Crippen MR) is 114 cm³/mol. The summed E-state index contributed by atoms with van der Waals surface area (Å²) in [6, 6.07) is 12.5. The van der Waals surface area contributed by atoms with Crippen LogP contribution in [0.2, 0.25) is 5.02 Å². The van der Waals surface area contributed by atoms with Crippen LogP contribution in [-0.2, 0) is 0 Å². The highest BCUT2D eigenvalue weighted by molar-refractivity contribution is 6.34. The van der Waals surface area contributed by atoms with Crippen molar-refractivity contribution in [3.05, 3.63) is 53.1 Å². The van der Waals surface area contributed by atoms with Gasteiger partial charge in [-0.25, -0.2) is 0 Å². The SMILES string of the molecule is O=C(Nc1ccc(NC2=NCCN2)cc1Cl)c1ccc(NC2=NCCN2)cc1. The van der Waals surface area contributed by atoms with Gasteiger partial charge in [-0.1, -0.05) is 11.6 Å². The number of nitrogens with zero attached hydrogens (tertiary/aromatic N) is 2. The molecule has 8 nitrogen and oxygen atoms in total. The molecule has 0 bridgehead atoms. The number of carbonyl (C=O) groups is 1. The van der Waals surface area contributed by atoms with Gasteiger partial charge in [0, 0.05) is 30.0 Å². The minimum absolute atomic E-state index is 0.229. The van der Waals surface area contributed by atoms with Crippen LogP contribution in [0.1, 0.15) is 10.4 Å². The number of hydrogen-bond donors (Lipinski definition) is 5. The molecule has 4 rings (SSSR count). The summed E-state index contributed by atoms with van der Waals surface area (Å²) in [5, 5.41) is 15.9. The molecule has 0 fully saturated rings. The zero-order valence-corrected chi connectivity index (χ0v) is 15.8. The Morgan fingerprint density at radius 2 is 1.50 bits per heavy atom. The van der Waals surface area contributed by atoms with Gasteiger partial charge in [0.05, 0.1) is 23.8 Å². The summed E-state index contributed by atoms with van der Waals surface area (Å²) in [4.78, 5) is 21.1. The van der Waals surface area contributed by atoms with Gasteiger partial charge in [-0.2, -0.15) is 0 Å². The van der Waals surface area contributed by atoms with Gasteiger partial charge in [0.2, 0.25) is 0 Å². The van der Waals surface area contributed by atoms with E-state index in [1.165, 1.54) is 0 Å². The summed E-state index contributed by atoms with van der Waals surface area (Å²) >= 11 is 6.32. The number of aliphatic imine (C=N–C) groups is 2. The summed E-state index contributed by atoms with van der Waals surface area (Å²) in [7, 11) is 0. The van der Waals surface area contributed by atoms with Gasteiger partial charge in [-0.3, -0.25) is 14.8 Å². The minimum atomic E-state index is -0.229. The third-order valence-electron chi connectivity index (χ3n) is 4.24. The molecule has 0 saturated carbocycles. The zero-order chi connectivity index (χ0) is 19.3. The Labute approximate surface area is 167 Å². The predicted octanol–water partition coefficient (Wildman–Crippen LogP) is 2.33. The Hall–Kier alpha value is -3.26. The topological polar surface area (TPSA) is 102 Å². The molecule has 0 spiro atoms. The van der Waals surface area contributed by atoms with E-state index in [1.54, 1.807) is 24.3 Å². The summed E-state index contributed by atoms with van der Waals surface area (Å²) < 4.78 is 0. The normalized spacial score (nSPS) is 15.2. The lowest BCUT2D eigenvalue weighted by atomic mass is 10.2. The molecule has 0 aromatic heterocycles. The Morgan fingerprint density at radius 3 is 2.07 bits per heavy atom. The average Bonchev–Trinajstić information content (AvgIpc) is 3.39. The fraction of sp³-hybridized carbons (Fsp3) is 0.211. The molecule has 1 amide bonds. The Kier molecular flexibility index (Phi) is 5.29. The fourth-order valence-corrected chi connectivity index (χ4v) is 3.06. The monoisotopic (exact) mass is 397 g/mol. The van der Waals surface area contributed by atoms with Crippen LogP contribution in [0.4, 0.5) is 17.1 Å². The van der Waals surface area contributed by atoms with E-state index in [0.29, 0.717) is 16.3 Å². The molecule has 9 heteroatoms. The van der Waals surface area contributed by atoms with Crippen molar-refractivity contribution in [2.24, 2.45) is 9.98 Å². The van der Waals surface area contributed by atoms with Gasteiger partial charge < -0.3 is 26.6 Å². The van der Waals surface area contributed by atoms with E-state index in [-0.39, 0.29) is 5.91 Å². The standard InChI is InChI=1S/C19H20ClN7O/c20-15-11-14(26-19-23-9-10-24-19)5-6-16(15)27-17(28)12-1-3-13(4-2-12)25-18-21-7-8-22-18/h1-6,11H,7-10H2,(H,27,28)(H2,21,22,25)(H2,23,24,26). The van der Waals surface area contributed by atoms with E-state index in [2.05, 4.69) is 36.6 Å². The van der Waals surface area contributed by atoms with Crippen LogP contribution in [0.5, 0.6) is 0 Å². The van der Waals surface area contributed by atoms with E-state index in [0.717, 1.165) is 49.5 Å². The summed E-state index contributed by atoms with van der Waals surface area (Å²) in [5.74, 6) is 1.24. The molecule has 5 N–H and O–H groups in total. The van der Waals surface area contributed by atoms with Crippen molar-refractivity contribution in [2.45, 2.75) is 0 Å². The van der Waals surface area contributed by atoms with Crippen molar-refractivity contribution in [2.75, 3.05) is 42.1 Å². The second-order valence-corrected chi connectivity index (χ2v) is 6.70. The van der Waals surface area contributed by atoms with Crippen LogP contribution in [0.3, 0.4) is 0 Å². The second kappa shape index (κ2) is 8.18. The minimum Gasteiger partial charge on any atom is -0.354 e. The van der Waals surface area contributed by atoms with E-state index in [4.69, 9.17) is 11.6 Å². The second-order valence-electron chi connectivity index (χ2n) is 6.29. The fourth-order valence-electron chi connectivity index (χ4n) is 2.83. The van der Waals surface area contributed by atoms with Crippen molar-refractivity contribution in [1.29, 1.82) is 0 Å². The third kappa shape index (κ3) is 4.34. The molecular formula is C19H20ClN7O. The van der Waals surface area contributed by atoms with Gasteiger partial charge in [0.1, 0.15) is 0 Å². The maximum absolute atomic E-state index is 12.5. The first-order valence-corrected chi connectivity index (χ1v) is 9.37. The lowest BCUT2D eigenvalue weighted by Crippen LogP contribution is -2.26. The molecule has 144 valence electrons. The molecule has 0 saturated heterocycles. The van der Waals surface area contributed by atoms with Gasteiger partial charge in [0.25, 0.3) is 5.91 Å². The number of carbonyl (C=O) groups excluding carboxylic acids is 1. The number of benzene rings is 2. The van der Waals surface area contributed by atoms with E-state index in [1.807, 2.05) is 18.2 Å². The Bertz CT molecular complexity index is 940. The van der Waals surface area contributed by atoms with Gasteiger partial charge >= 0.3 is 0 Å². The van der Waals surface area contributed by atoms with Crippen LogP contribution in [-0.4, -0.2) is 44.0 Å². The average molecular weight is 398 g/mol. The highest BCUT2D eigenvalue weighted by atomic mass is 35.5. The first-order valence-electron chi connectivity index (χ1n) is 8.99. The van der Waals surface area contributed by atoms with Crippen molar-refractivity contribution >= 4 is 46.5 Å². The number of amides is 1. The van der Waals surface area contributed by atoms with Crippen molar-refractivity contribution < 1.29 is 4.79 Å². The molecule has 0 aliphatic carbocycles. The molecule has 2 aromatic rings. The third-order valence-corrected chi connectivity index (χ3v) is 4.55. The van der Waals surface area contributed by atoms with Gasteiger partial charge in [-0.15, -0.1) is 0 Å². The first-order chi connectivity index (χ1) is 13.7. The van der Waals surface area contributed by atoms with Crippen LogP contribution in [0.15, 0.2) is 52.4 Å². The lowest BCUT2D eigenvalue weighted by molar-refractivity contribution is 0.102. The Morgan fingerprint density at radius 1 is 0.893 bits per heavy atom. The van der Waals surface area contributed by atoms with Crippen molar-refractivity contribution in [3.63, 3.8) is 0 Å². The number of rotatable bonds is 4. The first kappa shape index (κ1) is 18.1. The molecule has 2 heterocycles. The quantitative estimate of drug-likeness (QED) is 0.545. The number of anilines is 3. The smallest absolute Gasteiger partial charge is 0.255 e. The molecular weight excluding hydrogens is 378 g/mol. The van der Waals surface area contributed by atoms with Crippen LogP contribution >= 0.6 is 11.6 Å². The molecule has 2 aromatic carbocycles. The number of halogens is 1. The zero-order valence-electron chi connectivity index (χ0n) is 15.1. The van der Waals surface area contributed by atoms with Crippen LogP contribution < -0.4 is 26.6 Å². The number of hydrogen-bond acceptors (Lipinski definition) is 7. The van der Waals surface area contributed by atoms with Crippen molar-refractivity contribution in [1.82, 2.24) is 10.6 Å². The van der Waals surface area contributed by atoms with E-state index >= 15 is 0 Å². The maximum Gasteiger partial charge on any atom is 0.255 e. The molecule has 28 heavy (non-hydrogen) atoms. The van der Waals surface area contributed by atoms with Crippen LogP contribution in [0.25, 0.3) is 0 Å². The molecule has 2 aliphatic rings. The number of nitrogens with one attached hydrogen (secondary N) is 5. The van der Waals surface area contributed by atoms with E-state index in [9.17, 15) is 4.79 Å². The van der Waals surface area contributed by atoms with Gasteiger partial charge in [0.15, 0.2) is 11.9 Å². The molecule has 0 unspecified atom stereocenters. The summed E-state index contributed by atoms with van der Waals surface area (Å²) in [5.41, 5.74) is 2.75. The molecule has 0 radical (unpaired) electrons. The lowest BCUT2D eigenvalue weighted by Gasteiger charge is -2.11. The largest absolute Gasteiger partial charge is 0.354 e. The van der Waals surface area contributed by atoms with Crippen molar-refractivity contribution in [3.8, 4) is 0 Å². The highest BCUT2D eigenvalue weighted by Crippen LogP contribution is 2.26. The highest BCUT2D eigenvalue weighted by Gasteiger charge is 2.11. The van der Waals surface area contributed by atoms with E-state index < -0.39 is 0 Å². The molecule has 0 atom stereocenters. The molecule has 2 aliphatic heterocycles. The number of guanidine groups is 2. The van der Waals surface area contributed by atoms with Crippen LogP contribution in [0, 0.1) is 0 Å². The Balaban J connectivity index is 1.38.